The van der Waals surface area contributed by atoms with E-state index >= 15 is 0 Å². The molecule has 0 bridgehead atoms. The molecule has 2 aliphatic rings. The molecule has 4 nitrogen and oxygen atoms in total. The fourth-order valence-electron chi connectivity index (χ4n) is 3.54. The first-order valence-corrected chi connectivity index (χ1v) is 7.76. The zero-order chi connectivity index (χ0) is 13.8. The summed E-state index contributed by atoms with van der Waals surface area (Å²) in [5.74, 6) is 0.672. The molecule has 1 unspecified atom stereocenters. The van der Waals surface area contributed by atoms with Crippen LogP contribution in [0.3, 0.4) is 0 Å². The summed E-state index contributed by atoms with van der Waals surface area (Å²) in [6.45, 7) is 4.06. The van der Waals surface area contributed by atoms with Crippen LogP contribution in [0.15, 0.2) is 24.5 Å². The predicted molar refractivity (Wildman–Crippen MR) is 79.6 cm³/mol. The Morgan fingerprint density at radius 2 is 2.40 bits per heavy atom. The van der Waals surface area contributed by atoms with E-state index in [-0.39, 0.29) is 0 Å². The molecular formula is C16H25N3O. The summed E-state index contributed by atoms with van der Waals surface area (Å²) in [6, 6.07) is 5.29. The molecule has 0 spiro atoms. The number of likely N-dealkylation sites (tertiary alicyclic amines) is 1. The summed E-state index contributed by atoms with van der Waals surface area (Å²) in [6.07, 6.45) is 7.57. The van der Waals surface area contributed by atoms with E-state index in [0.717, 1.165) is 19.8 Å². The lowest BCUT2D eigenvalue weighted by Crippen LogP contribution is -2.40. The first-order valence-electron chi connectivity index (χ1n) is 7.76. The smallest absolute Gasteiger partial charge is 0.0619 e. The summed E-state index contributed by atoms with van der Waals surface area (Å²) in [7, 11) is 2.22. The molecule has 2 aliphatic heterocycles. The van der Waals surface area contributed by atoms with Gasteiger partial charge in [0.1, 0.15) is 0 Å². The first kappa shape index (κ1) is 14.0. The van der Waals surface area contributed by atoms with Crippen molar-refractivity contribution in [1.29, 1.82) is 0 Å². The second kappa shape index (κ2) is 6.66. The number of rotatable bonds is 4. The molecule has 3 atom stereocenters. The van der Waals surface area contributed by atoms with Gasteiger partial charge in [-0.3, -0.25) is 9.88 Å². The summed E-state index contributed by atoms with van der Waals surface area (Å²) in [5, 5.41) is 3.71. The molecule has 1 aromatic rings. The van der Waals surface area contributed by atoms with Crippen LogP contribution in [-0.2, 0) is 4.74 Å². The summed E-state index contributed by atoms with van der Waals surface area (Å²) < 4.78 is 5.55. The summed E-state index contributed by atoms with van der Waals surface area (Å²) >= 11 is 0. The van der Waals surface area contributed by atoms with E-state index < -0.39 is 0 Å². The van der Waals surface area contributed by atoms with Crippen molar-refractivity contribution < 1.29 is 4.74 Å². The van der Waals surface area contributed by atoms with Crippen LogP contribution in [0.1, 0.15) is 30.9 Å². The van der Waals surface area contributed by atoms with Crippen LogP contribution in [0.4, 0.5) is 0 Å². The second-order valence-electron chi connectivity index (χ2n) is 6.08. The predicted octanol–water partition coefficient (Wildman–Crippen LogP) is 1.84. The van der Waals surface area contributed by atoms with Gasteiger partial charge in [-0.05, 0) is 50.4 Å². The van der Waals surface area contributed by atoms with Gasteiger partial charge in [0, 0.05) is 37.6 Å². The lowest BCUT2D eigenvalue weighted by molar-refractivity contribution is 0.0684. The Hall–Kier alpha value is -0.970. The van der Waals surface area contributed by atoms with Gasteiger partial charge in [0.15, 0.2) is 0 Å². The van der Waals surface area contributed by atoms with Gasteiger partial charge < -0.3 is 10.1 Å². The summed E-state index contributed by atoms with van der Waals surface area (Å²) in [4.78, 5) is 6.74. The van der Waals surface area contributed by atoms with Crippen LogP contribution in [0.25, 0.3) is 0 Å². The van der Waals surface area contributed by atoms with Gasteiger partial charge in [-0.25, -0.2) is 0 Å². The first-order chi connectivity index (χ1) is 9.84. The Labute approximate surface area is 121 Å². The van der Waals surface area contributed by atoms with Crippen molar-refractivity contribution in [2.24, 2.45) is 5.92 Å². The minimum atomic E-state index is 0.501. The molecule has 0 aromatic carbocycles. The third kappa shape index (κ3) is 3.19. The molecule has 0 aliphatic carbocycles. The lowest BCUT2D eigenvalue weighted by Gasteiger charge is -2.28. The molecule has 3 heterocycles. The van der Waals surface area contributed by atoms with Gasteiger partial charge in [-0.1, -0.05) is 6.07 Å². The zero-order valence-electron chi connectivity index (χ0n) is 12.3. The highest BCUT2D eigenvalue weighted by Gasteiger charge is 2.33. The Morgan fingerprint density at radius 3 is 3.15 bits per heavy atom. The Kier molecular flexibility index (Phi) is 4.65. The third-order valence-corrected chi connectivity index (χ3v) is 4.63. The molecule has 0 radical (unpaired) electrons. The maximum Gasteiger partial charge on any atom is 0.0619 e. The molecule has 1 aromatic heterocycles. The number of hydrogen-bond acceptors (Lipinski definition) is 4. The number of nitrogens with zero attached hydrogens (tertiary/aromatic N) is 2. The van der Waals surface area contributed by atoms with Crippen molar-refractivity contribution in [3.05, 3.63) is 30.1 Å². The van der Waals surface area contributed by atoms with Crippen LogP contribution in [-0.4, -0.2) is 49.3 Å². The quantitative estimate of drug-likeness (QED) is 0.910. The van der Waals surface area contributed by atoms with Gasteiger partial charge in [-0.15, -0.1) is 0 Å². The second-order valence-corrected chi connectivity index (χ2v) is 6.08. The number of nitrogens with one attached hydrogen (secondary N) is 1. The van der Waals surface area contributed by atoms with E-state index in [2.05, 4.69) is 28.3 Å². The van der Waals surface area contributed by atoms with Crippen molar-refractivity contribution in [3.8, 4) is 0 Å². The SMILES string of the molecule is CN1CC[C@@H](CNC2CCCOC2)[C@@H]1c1cccnc1. The normalized spacial score (nSPS) is 31.6. The molecule has 110 valence electrons. The van der Waals surface area contributed by atoms with Gasteiger partial charge >= 0.3 is 0 Å². The average molecular weight is 275 g/mol. The topological polar surface area (TPSA) is 37.4 Å². The minimum Gasteiger partial charge on any atom is -0.380 e. The standard InChI is InChI=1S/C16H25N3O/c1-19-8-6-14(11-18-15-5-3-9-20-12-15)16(19)13-4-2-7-17-10-13/h2,4,7,10,14-16,18H,3,5-6,8-9,11-12H2,1H3/t14-,15?,16-/m0/s1. The number of aromatic nitrogens is 1. The Bertz CT molecular complexity index is 405. The molecule has 20 heavy (non-hydrogen) atoms. The fraction of sp³-hybridized carbons (Fsp3) is 0.688. The van der Waals surface area contributed by atoms with Crippen molar-refractivity contribution in [3.63, 3.8) is 0 Å². The Morgan fingerprint density at radius 1 is 1.45 bits per heavy atom. The van der Waals surface area contributed by atoms with Crippen LogP contribution in [0, 0.1) is 5.92 Å². The van der Waals surface area contributed by atoms with Crippen molar-refractivity contribution >= 4 is 0 Å². The van der Waals surface area contributed by atoms with Crippen molar-refractivity contribution in [1.82, 2.24) is 15.2 Å². The molecule has 0 saturated carbocycles. The number of pyridine rings is 1. The van der Waals surface area contributed by atoms with E-state index in [1.165, 1.54) is 31.4 Å². The van der Waals surface area contributed by atoms with Crippen LogP contribution in [0.2, 0.25) is 0 Å². The summed E-state index contributed by atoms with van der Waals surface area (Å²) in [5.41, 5.74) is 1.35. The highest BCUT2D eigenvalue weighted by molar-refractivity contribution is 5.17. The van der Waals surface area contributed by atoms with Gasteiger partial charge in [-0.2, -0.15) is 0 Å². The number of ether oxygens (including phenoxy) is 1. The van der Waals surface area contributed by atoms with Crippen LogP contribution >= 0.6 is 0 Å². The van der Waals surface area contributed by atoms with Gasteiger partial charge in [0.05, 0.1) is 6.61 Å². The molecule has 2 saturated heterocycles. The fourth-order valence-corrected chi connectivity index (χ4v) is 3.54. The van der Waals surface area contributed by atoms with Crippen molar-refractivity contribution in [2.75, 3.05) is 33.4 Å². The molecule has 0 amide bonds. The maximum absolute atomic E-state index is 5.55. The van der Waals surface area contributed by atoms with E-state index in [1.807, 2.05) is 18.5 Å². The zero-order valence-corrected chi connectivity index (χ0v) is 12.3. The van der Waals surface area contributed by atoms with E-state index in [0.29, 0.717) is 18.0 Å². The highest BCUT2D eigenvalue weighted by atomic mass is 16.5. The number of hydrogen-bond donors (Lipinski definition) is 1. The minimum absolute atomic E-state index is 0.501. The van der Waals surface area contributed by atoms with Crippen molar-refractivity contribution in [2.45, 2.75) is 31.3 Å². The lowest BCUT2D eigenvalue weighted by atomic mass is 9.94. The van der Waals surface area contributed by atoms with E-state index in [1.54, 1.807) is 0 Å². The molecule has 3 rings (SSSR count). The van der Waals surface area contributed by atoms with Gasteiger partial charge in [0.2, 0.25) is 0 Å². The molecule has 4 heteroatoms. The van der Waals surface area contributed by atoms with Crippen LogP contribution in [0.5, 0.6) is 0 Å². The average Bonchev–Trinajstić information content (AvgIpc) is 2.88. The Balaban J connectivity index is 1.60. The van der Waals surface area contributed by atoms with E-state index in [4.69, 9.17) is 4.74 Å². The monoisotopic (exact) mass is 275 g/mol. The molecule has 1 N–H and O–H groups in total. The molecule has 2 fully saturated rings. The largest absolute Gasteiger partial charge is 0.380 e. The third-order valence-electron chi connectivity index (χ3n) is 4.63. The maximum atomic E-state index is 5.55. The van der Waals surface area contributed by atoms with Crippen LogP contribution < -0.4 is 5.32 Å². The van der Waals surface area contributed by atoms with Gasteiger partial charge in [0.25, 0.3) is 0 Å². The molecular weight excluding hydrogens is 250 g/mol. The highest BCUT2D eigenvalue weighted by Crippen LogP contribution is 2.35. The van der Waals surface area contributed by atoms with E-state index in [9.17, 15) is 0 Å².